The molecule has 1 aliphatic rings. The molecule has 0 aromatic heterocycles. The quantitative estimate of drug-likeness (QED) is 0.632. The van der Waals surface area contributed by atoms with Gasteiger partial charge in [0.25, 0.3) is 10.2 Å². The Morgan fingerprint density at radius 2 is 1.80 bits per heavy atom. The van der Waals surface area contributed by atoms with Crippen molar-refractivity contribution in [3.8, 4) is 0 Å². The van der Waals surface area contributed by atoms with Crippen LogP contribution >= 0.6 is 0 Å². The Morgan fingerprint density at radius 1 is 1.25 bits per heavy atom. The van der Waals surface area contributed by atoms with Gasteiger partial charge in [-0.2, -0.15) is 17.0 Å². The average Bonchev–Trinajstić information content (AvgIpc) is 2.35. The Labute approximate surface area is 119 Å². The topological polar surface area (TPSA) is 107 Å². The van der Waals surface area contributed by atoms with Crippen LogP contribution in [0.2, 0.25) is 0 Å². The van der Waals surface area contributed by atoms with Gasteiger partial charge in [-0.1, -0.05) is 0 Å². The Bertz CT molecular complexity index is 432. The number of nitrogens with zero attached hydrogens (tertiary/aromatic N) is 2. The zero-order valence-corrected chi connectivity index (χ0v) is 12.6. The highest BCUT2D eigenvalue weighted by Gasteiger charge is 2.35. The fourth-order valence-electron chi connectivity index (χ4n) is 2.01. The summed E-state index contributed by atoms with van der Waals surface area (Å²) >= 11 is 0. The van der Waals surface area contributed by atoms with Gasteiger partial charge in [0.2, 0.25) is 0 Å². The van der Waals surface area contributed by atoms with E-state index in [0.717, 1.165) is 8.61 Å². The molecule has 0 spiro atoms. The van der Waals surface area contributed by atoms with E-state index < -0.39 is 21.8 Å². The van der Waals surface area contributed by atoms with E-state index in [2.05, 4.69) is 0 Å². The molecule has 0 atom stereocenters. The Morgan fingerprint density at radius 3 is 2.30 bits per heavy atom. The highest BCUT2D eigenvalue weighted by atomic mass is 32.2. The number of rotatable bonds is 7. The standard InChI is InChI=1S/C11H22N2O6S/c1-12(6-3-10(14)15)20(17,18)13(2)9-11(16)4-7-19-8-5-11/h16H,3-9H2,1-2H3,(H,14,15). The number of carbonyl (C=O) groups is 1. The second-order valence-electron chi connectivity index (χ2n) is 5.07. The largest absolute Gasteiger partial charge is 0.481 e. The molecular formula is C11H22N2O6S. The van der Waals surface area contributed by atoms with E-state index in [9.17, 15) is 18.3 Å². The molecule has 0 aromatic carbocycles. The summed E-state index contributed by atoms with van der Waals surface area (Å²) in [4.78, 5) is 10.5. The molecule has 1 fully saturated rings. The zero-order valence-electron chi connectivity index (χ0n) is 11.8. The number of hydrogen-bond acceptors (Lipinski definition) is 5. The van der Waals surface area contributed by atoms with E-state index in [1.807, 2.05) is 0 Å². The number of aliphatic hydroxyl groups is 1. The van der Waals surface area contributed by atoms with Crippen LogP contribution in [0.15, 0.2) is 0 Å². The fourth-order valence-corrected chi connectivity index (χ4v) is 3.21. The van der Waals surface area contributed by atoms with Crippen molar-refractivity contribution < 1.29 is 28.2 Å². The van der Waals surface area contributed by atoms with E-state index in [1.165, 1.54) is 14.1 Å². The summed E-state index contributed by atoms with van der Waals surface area (Å²) in [7, 11) is -1.07. The lowest BCUT2D eigenvalue weighted by molar-refractivity contribution is -0.137. The molecule has 9 heteroatoms. The summed E-state index contributed by atoms with van der Waals surface area (Å²) in [5, 5.41) is 18.9. The van der Waals surface area contributed by atoms with Gasteiger partial charge in [-0.25, -0.2) is 0 Å². The van der Waals surface area contributed by atoms with Crippen molar-refractivity contribution in [1.29, 1.82) is 0 Å². The molecule has 1 aliphatic heterocycles. The van der Waals surface area contributed by atoms with E-state index in [4.69, 9.17) is 9.84 Å². The van der Waals surface area contributed by atoms with Crippen molar-refractivity contribution in [3.05, 3.63) is 0 Å². The maximum absolute atomic E-state index is 12.2. The molecule has 0 unspecified atom stereocenters. The third-order valence-corrected chi connectivity index (χ3v) is 5.26. The molecule has 1 rings (SSSR count). The SMILES string of the molecule is CN(CCC(=O)O)S(=O)(=O)N(C)CC1(O)CCOCC1. The van der Waals surface area contributed by atoms with Gasteiger partial charge < -0.3 is 14.9 Å². The Kier molecular flexibility index (Phi) is 5.90. The van der Waals surface area contributed by atoms with Crippen LogP contribution in [0.25, 0.3) is 0 Å². The third-order valence-electron chi connectivity index (χ3n) is 3.37. The second kappa shape index (κ2) is 6.81. The van der Waals surface area contributed by atoms with Crippen molar-refractivity contribution in [1.82, 2.24) is 8.61 Å². The van der Waals surface area contributed by atoms with E-state index >= 15 is 0 Å². The van der Waals surface area contributed by atoms with Gasteiger partial charge in [0, 0.05) is 53.2 Å². The second-order valence-corrected chi connectivity index (χ2v) is 7.21. The smallest absolute Gasteiger partial charge is 0.304 e. The van der Waals surface area contributed by atoms with Crippen LogP contribution in [0.1, 0.15) is 19.3 Å². The lowest BCUT2D eigenvalue weighted by Crippen LogP contribution is -2.50. The van der Waals surface area contributed by atoms with Gasteiger partial charge in [-0.05, 0) is 0 Å². The molecular weight excluding hydrogens is 288 g/mol. The molecule has 0 aromatic rings. The first-order chi connectivity index (χ1) is 9.17. The van der Waals surface area contributed by atoms with E-state index in [-0.39, 0.29) is 19.5 Å². The van der Waals surface area contributed by atoms with Gasteiger partial charge in [0.15, 0.2) is 0 Å². The molecule has 0 saturated carbocycles. The lowest BCUT2D eigenvalue weighted by Gasteiger charge is -2.36. The van der Waals surface area contributed by atoms with Gasteiger partial charge in [-0.15, -0.1) is 0 Å². The molecule has 20 heavy (non-hydrogen) atoms. The van der Waals surface area contributed by atoms with Crippen molar-refractivity contribution in [2.45, 2.75) is 24.9 Å². The predicted octanol–water partition coefficient (Wildman–Crippen LogP) is -0.889. The van der Waals surface area contributed by atoms with E-state index in [1.54, 1.807) is 0 Å². The molecule has 0 bridgehead atoms. The third kappa shape index (κ3) is 4.67. The van der Waals surface area contributed by atoms with Gasteiger partial charge in [0.05, 0.1) is 12.0 Å². The van der Waals surface area contributed by atoms with Crippen LogP contribution in [0.4, 0.5) is 0 Å². The van der Waals surface area contributed by atoms with Crippen LogP contribution in [0.5, 0.6) is 0 Å². The lowest BCUT2D eigenvalue weighted by atomic mass is 9.95. The molecule has 118 valence electrons. The molecule has 0 radical (unpaired) electrons. The van der Waals surface area contributed by atoms with Crippen LogP contribution in [-0.4, -0.2) is 79.2 Å². The van der Waals surface area contributed by atoms with Crippen LogP contribution < -0.4 is 0 Å². The molecule has 2 N–H and O–H groups in total. The summed E-state index contributed by atoms with van der Waals surface area (Å²) in [6.45, 7) is 0.665. The summed E-state index contributed by atoms with van der Waals surface area (Å²) in [5.74, 6) is -1.06. The summed E-state index contributed by atoms with van der Waals surface area (Å²) in [5.41, 5.74) is -1.09. The first-order valence-corrected chi connectivity index (χ1v) is 7.77. The van der Waals surface area contributed by atoms with Crippen molar-refractivity contribution in [2.24, 2.45) is 0 Å². The van der Waals surface area contributed by atoms with Gasteiger partial charge in [-0.3, -0.25) is 4.79 Å². The maximum Gasteiger partial charge on any atom is 0.304 e. The van der Waals surface area contributed by atoms with Gasteiger partial charge in [0.1, 0.15) is 0 Å². The van der Waals surface area contributed by atoms with Crippen LogP contribution in [0, 0.1) is 0 Å². The molecule has 1 heterocycles. The fraction of sp³-hybridized carbons (Fsp3) is 0.909. The number of ether oxygens (including phenoxy) is 1. The van der Waals surface area contributed by atoms with Gasteiger partial charge >= 0.3 is 5.97 Å². The molecule has 0 aliphatic carbocycles. The van der Waals surface area contributed by atoms with Crippen LogP contribution in [0.3, 0.4) is 0 Å². The first kappa shape index (κ1) is 17.3. The molecule has 0 amide bonds. The highest BCUT2D eigenvalue weighted by molar-refractivity contribution is 7.86. The Hall–Kier alpha value is -0.740. The summed E-state index contributed by atoms with van der Waals surface area (Å²) < 4.78 is 31.5. The molecule has 1 saturated heterocycles. The number of aliphatic carboxylic acids is 1. The van der Waals surface area contributed by atoms with Crippen LogP contribution in [-0.2, 0) is 19.7 Å². The monoisotopic (exact) mass is 310 g/mol. The number of likely N-dealkylation sites (N-methyl/N-ethyl adjacent to an activating group) is 1. The van der Waals surface area contributed by atoms with Crippen molar-refractivity contribution in [2.75, 3.05) is 40.4 Å². The zero-order chi connectivity index (χ0) is 15.4. The highest BCUT2D eigenvalue weighted by Crippen LogP contribution is 2.22. The summed E-state index contributed by atoms with van der Waals surface area (Å²) in [6, 6.07) is 0. The predicted molar refractivity (Wildman–Crippen MR) is 71.4 cm³/mol. The Balaban J connectivity index is 2.63. The first-order valence-electron chi connectivity index (χ1n) is 6.37. The minimum Gasteiger partial charge on any atom is -0.481 e. The van der Waals surface area contributed by atoms with E-state index in [0.29, 0.717) is 26.1 Å². The minimum atomic E-state index is -3.77. The number of carboxylic acids is 1. The molecule has 8 nitrogen and oxygen atoms in total. The maximum atomic E-state index is 12.2. The number of hydrogen-bond donors (Lipinski definition) is 2. The van der Waals surface area contributed by atoms with Crippen molar-refractivity contribution >= 4 is 16.2 Å². The minimum absolute atomic E-state index is 0.0316. The average molecular weight is 310 g/mol. The summed E-state index contributed by atoms with van der Waals surface area (Å²) in [6.07, 6.45) is 0.499. The normalized spacial score (nSPS) is 19.4. The number of carboxylic acid groups (broad SMARTS) is 1. The van der Waals surface area contributed by atoms with Crippen molar-refractivity contribution in [3.63, 3.8) is 0 Å².